The van der Waals surface area contributed by atoms with Gasteiger partial charge in [0.05, 0.1) is 12.2 Å². The van der Waals surface area contributed by atoms with Gasteiger partial charge in [0, 0.05) is 36.6 Å². The number of hydrogen-bond acceptors (Lipinski definition) is 3. The Bertz CT molecular complexity index is 591. The molecule has 2 aromatic rings. The van der Waals surface area contributed by atoms with Crippen LogP contribution < -0.4 is 10.6 Å². The van der Waals surface area contributed by atoms with Crippen LogP contribution >= 0.6 is 0 Å². The number of carbonyl (C=O) groups excluding carboxylic acids is 1. The first kappa shape index (κ1) is 14.1. The van der Waals surface area contributed by atoms with Gasteiger partial charge in [-0.2, -0.15) is 5.10 Å². The molecule has 0 saturated carbocycles. The number of aromatic nitrogens is 2. The SMILES string of the molecule is CCn1cc(C(C)Nc2cccc(NC(C)=O)c2)cn1. The molecule has 0 aliphatic carbocycles. The maximum Gasteiger partial charge on any atom is 0.221 e. The largest absolute Gasteiger partial charge is 0.378 e. The van der Waals surface area contributed by atoms with Crippen molar-refractivity contribution in [3.63, 3.8) is 0 Å². The molecule has 0 radical (unpaired) electrons. The second-order valence-corrected chi connectivity index (χ2v) is 4.76. The van der Waals surface area contributed by atoms with E-state index in [-0.39, 0.29) is 11.9 Å². The molecule has 1 heterocycles. The minimum Gasteiger partial charge on any atom is -0.378 e. The molecule has 5 heteroatoms. The third-order valence-corrected chi connectivity index (χ3v) is 3.04. The van der Waals surface area contributed by atoms with E-state index < -0.39 is 0 Å². The highest BCUT2D eigenvalue weighted by atomic mass is 16.1. The molecule has 5 nitrogen and oxygen atoms in total. The number of anilines is 2. The molecule has 1 aromatic carbocycles. The van der Waals surface area contributed by atoms with Crippen molar-refractivity contribution < 1.29 is 4.79 Å². The summed E-state index contributed by atoms with van der Waals surface area (Å²) in [5, 5.41) is 10.5. The van der Waals surface area contributed by atoms with Crippen molar-refractivity contribution in [2.24, 2.45) is 0 Å². The molecular formula is C15H20N4O. The molecule has 1 unspecified atom stereocenters. The van der Waals surface area contributed by atoms with Crippen LogP contribution in [0.25, 0.3) is 0 Å². The summed E-state index contributed by atoms with van der Waals surface area (Å²) in [5.74, 6) is -0.0700. The van der Waals surface area contributed by atoms with Gasteiger partial charge in [0.15, 0.2) is 0 Å². The maximum atomic E-state index is 11.1. The first-order chi connectivity index (χ1) is 9.58. The van der Waals surface area contributed by atoms with E-state index in [1.54, 1.807) is 0 Å². The lowest BCUT2D eigenvalue weighted by Crippen LogP contribution is -2.08. The number of carbonyl (C=O) groups is 1. The van der Waals surface area contributed by atoms with E-state index in [0.717, 1.165) is 23.5 Å². The van der Waals surface area contributed by atoms with Crippen molar-refractivity contribution >= 4 is 17.3 Å². The van der Waals surface area contributed by atoms with Crippen molar-refractivity contribution in [2.75, 3.05) is 10.6 Å². The Hall–Kier alpha value is -2.30. The quantitative estimate of drug-likeness (QED) is 0.879. The molecule has 1 amide bonds. The lowest BCUT2D eigenvalue weighted by atomic mass is 10.1. The van der Waals surface area contributed by atoms with Gasteiger partial charge in [-0.25, -0.2) is 0 Å². The average Bonchev–Trinajstić information content (AvgIpc) is 2.87. The standard InChI is InChI=1S/C15H20N4O/c1-4-19-10-13(9-16-19)11(2)17-14-6-5-7-15(8-14)18-12(3)20/h5-11,17H,4H2,1-3H3,(H,18,20). The summed E-state index contributed by atoms with van der Waals surface area (Å²) in [6.45, 7) is 6.51. The maximum absolute atomic E-state index is 11.1. The summed E-state index contributed by atoms with van der Waals surface area (Å²) in [5.41, 5.74) is 2.89. The fourth-order valence-corrected chi connectivity index (χ4v) is 2.00. The van der Waals surface area contributed by atoms with E-state index in [0.29, 0.717) is 0 Å². The number of aryl methyl sites for hydroxylation is 1. The lowest BCUT2D eigenvalue weighted by Gasteiger charge is -2.14. The number of hydrogen-bond donors (Lipinski definition) is 2. The van der Waals surface area contributed by atoms with Crippen molar-refractivity contribution in [3.8, 4) is 0 Å². The van der Waals surface area contributed by atoms with Crippen molar-refractivity contribution in [2.45, 2.75) is 33.4 Å². The molecule has 1 aromatic heterocycles. The zero-order valence-corrected chi connectivity index (χ0v) is 12.1. The molecule has 0 spiro atoms. The highest BCUT2D eigenvalue weighted by molar-refractivity contribution is 5.89. The average molecular weight is 272 g/mol. The van der Waals surface area contributed by atoms with Crippen LogP contribution in [-0.2, 0) is 11.3 Å². The van der Waals surface area contributed by atoms with Gasteiger partial charge in [-0.05, 0) is 32.0 Å². The van der Waals surface area contributed by atoms with Gasteiger partial charge < -0.3 is 10.6 Å². The van der Waals surface area contributed by atoms with Crippen molar-refractivity contribution in [1.29, 1.82) is 0 Å². The Morgan fingerprint density at radius 1 is 1.40 bits per heavy atom. The second kappa shape index (κ2) is 6.23. The van der Waals surface area contributed by atoms with Crippen LogP contribution in [0.1, 0.15) is 32.4 Å². The van der Waals surface area contributed by atoms with E-state index in [1.165, 1.54) is 6.92 Å². The van der Waals surface area contributed by atoms with Crippen LogP contribution in [-0.4, -0.2) is 15.7 Å². The van der Waals surface area contributed by atoms with Gasteiger partial charge in [0.1, 0.15) is 0 Å². The van der Waals surface area contributed by atoms with Gasteiger partial charge in [-0.1, -0.05) is 6.07 Å². The van der Waals surface area contributed by atoms with Crippen molar-refractivity contribution in [1.82, 2.24) is 9.78 Å². The Labute approximate surface area is 119 Å². The molecule has 1 atom stereocenters. The Morgan fingerprint density at radius 2 is 2.15 bits per heavy atom. The molecule has 0 fully saturated rings. The summed E-state index contributed by atoms with van der Waals surface area (Å²) >= 11 is 0. The number of rotatable bonds is 5. The highest BCUT2D eigenvalue weighted by Crippen LogP contribution is 2.21. The third kappa shape index (κ3) is 3.60. The van der Waals surface area contributed by atoms with Gasteiger partial charge in [-0.15, -0.1) is 0 Å². The fraction of sp³-hybridized carbons (Fsp3) is 0.333. The zero-order valence-electron chi connectivity index (χ0n) is 12.1. The van der Waals surface area contributed by atoms with Crippen LogP contribution in [0.5, 0.6) is 0 Å². The topological polar surface area (TPSA) is 59.0 Å². The van der Waals surface area contributed by atoms with Crippen LogP contribution in [0, 0.1) is 0 Å². The summed E-state index contributed by atoms with van der Waals surface area (Å²) < 4.78 is 1.90. The number of amides is 1. The molecule has 0 saturated heterocycles. The third-order valence-electron chi connectivity index (χ3n) is 3.04. The molecule has 0 aliphatic heterocycles. The van der Waals surface area contributed by atoms with Crippen LogP contribution in [0.2, 0.25) is 0 Å². The van der Waals surface area contributed by atoms with E-state index >= 15 is 0 Å². The molecule has 2 rings (SSSR count). The van der Waals surface area contributed by atoms with Gasteiger partial charge >= 0.3 is 0 Å². The van der Waals surface area contributed by atoms with Gasteiger partial charge in [0.25, 0.3) is 0 Å². The summed E-state index contributed by atoms with van der Waals surface area (Å²) in [6.07, 6.45) is 3.91. The van der Waals surface area contributed by atoms with E-state index in [9.17, 15) is 4.79 Å². The first-order valence-electron chi connectivity index (χ1n) is 6.75. The zero-order chi connectivity index (χ0) is 14.5. The Morgan fingerprint density at radius 3 is 2.80 bits per heavy atom. The second-order valence-electron chi connectivity index (χ2n) is 4.76. The Balaban J connectivity index is 2.07. The number of nitrogens with zero attached hydrogens (tertiary/aromatic N) is 2. The highest BCUT2D eigenvalue weighted by Gasteiger charge is 2.08. The monoisotopic (exact) mass is 272 g/mol. The number of benzene rings is 1. The normalized spacial score (nSPS) is 11.9. The summed E-state index contributed by atoms with van der Waals surface area (Å²) in [4.78, 5) is 11.1. The minimum atomic E-state index is -0.0700. The van der Waals surface area contributed by atoms with Crippen LogP contribution in [0.15, 0.2) is 36.7 Å². The number of nitrogens with one attached hydrogen (secondary N) is 2. The van der Waals surface area contributed by atoms with E-state index in [1.807, 2.05) is 41.3 Å². The molecule has 0 bridgehead atoms. The molecule has 20 heavy (non-hydrogen) atoms. The van der Waals surface area contributed by atoms with Crippen LogP contribution in [0.3, 0.4) is 0 Å². The molecule has 0 aliphatic rings. The minimum absolute atomic E-state index is 0.0700. The first-order valence-corrected chi connectivity index (χ1v) is 6.75. The van der Waals surface area contributed by atoms with Gasteiger partial charge in [-0.3, -0.25) is 9.48 Å². The smallest absolute Gasteiger partial charge is 0.221 e. The van der Waals surface area contributed by atoms with Crippen LogP contribution in [0.4, 0.5) is 11.4 Å². The van der Waals surface area contributed by atoms with Crippen molar-refractivity contribution in [3.05, 3.63) is 42.2 Å². The van der Waals surface area contributed by atoms with Gasteiger partial charge in [0.2, 0.25) is 5.91 Å². The van der Waals surface area contributed by atoms with E-state index in [2.05, 4.69) is 29.6 Å². The fourth-order valence-electron chi connectivity index (χ4n) is 2.00. The lowest BCUT2D eigenvalue weighted by molar-refractivity contribution is -0.114. The summed E-state index contributed by atoms with van der Waals surface area (Å²) in [7, 11) is 0. The molecule has 2 N–H and O–H groups in total. The molecule has 106 valence electrons. The predicted molar refractivity (Wildman–Crippen MR) is 80.7 cm³/mol. The summed E-state index contributed by atoms with van der Waals surface area (Å²) in [6, 6.07) is 7.83. The predicted octanol–water partition coefficient (Wildman–Crippen LogP) is 3.03. The molecular weight excluding hydrogens is 252 g/mol. The Kier molecular flexibility index (Phi) is 4.40. The van der Waals surface area contributed by atoms with E-state index in [4.69, 9.17) is 0 Å².